The largest absolute Gasteiger partial charge is 0.352 e. The van der Waals surface area contributed by atoms with Gasteiger partial charge in [-0.15, -0.1) is 0 Å². The molecule has 0 heterocycles. The van der Waals surface area contributed by atoms with Gasteiger partial charge in [0.2, 0.25) is 21.8 Å². The van der Waals surface area contributed by atoms with E-state index >= 15 is 0 Å². The molecular formula is C25H34ClN3O4S. The maximum atomic E-state index is 13.5. The number of benzene rings is 2. The molecule has 2 atom stereocenters. The zero-order chi connectivity index (χ0) is 25.6. The maximum absolute atomic E-state index is 13.5. The molecule has 0 fully saturated rings. The monoisotopic (exact) mass is 507 g/mol. The predicted octanol–water partition coefficient (Wildman–Crippen LogP) is 4.05. The molecule has 0 bridgehead atoms. The first-order valence-electron chi connectivity index (χ1n) is 11.2. The van der Waals surface area contributed by atoms with Crippen LogP contribution in [0, 0.1) is 13.8 Å². The van der Waals surface area contributed by atoms with Gasteiger partial charge < -0.3 is 10.2 Å². The summed E-state index contributed by atoms with van der Waals surface area (Å²) in [7, 11) is -3.76. The lowest BCUT2D eigenvalue weighted by Gasteiger charge is -2.32. The van der Waals surface area contributed by atoms with Crippen molar-refractivity contribution in [2.24, 2.45) is 0 Å². The van der Waals surface area contributed by atoms with E-state index < -0.39 is 28.5 Å². The second kappa shape index (κ2) is 11.7. The molecule has 2 rings (SSSR count). The number of amides is 2. The Morgan fingerprint density at radius 1 is 1.06 bits per heavy atom. The highest BCUT2D eigenvalue weighted by molar-refractivity contribution is 7.92. The van der Waals surface area contributed by atoms with Gasteiger partial charge in [-0.05, 0) is 75.1 Å². The van der Waals surface area contributed by atoms with Crippen LogP contribution in [0.25, 0.3) is 0 Å². The quantitative estimate of drug-likeness (QED) is 0.525. The van der Waals surface area contributed by atoms with Crippen LogP contribution in [0.15, 0.2) is 42.5 Å². The third-order valence-corrected chi connectivity index (χ3v) is 6.96. The molecule has 0 spiro atoms. The van der Waals surface area contributed by atoms with Gasteiger partial charge in [-0.25, -0.2) is 8.42 Å². The number of rotatable bonds is 10. The minimum atomic E-state index is -3.76. The van der Waals surface area contributed by atoms with Crippen molar-refractivity contribution in [2.75, 3.05) is 17.1 Å². The summed E-state index contributed by atoms with van der Waals surface area (Å²) < 4.78 is 26.4. The molecule has 7 nitrogen and oxygen atoms in total. The molecule has 0 aliphatic carbocycles. The first kappa shape index (κ1) is 27.7. The topological polar surface area (TPSA) is 86.8 Å². The Hall–Kier alpha value is -2.58. The lowest BCUT2D eigenvalue weighted by Crippen LogP contribution is -2.52. The number of anilines is 1. The fraction of sp³-hybridized carbons (Fsp3) is 0.440. The van der Waals surface area contributed by atoms with Crippen LogP contribution >= 0.6 is 11.6 Å². The zero-order valence-corrected chi connectivity index (χ0v) is 22.2. The lowest BCUT2D eigenvalue weighted by atomic mass is 10.1. The van der Waals surface area contributed by atoms with Crippen molar-refractivity contribution in [2.45, 2.75) is 59.7 Å². The van der Waals surface area contributed by atoms with Crippen molar-refractivity contribution < 1.29 is 18.0 Å². The van der Waals surface area contributed by atoms with Gasteiger partial charge in [-0.1, -0.05) is 36.7 Å². The number of hydrogen-bond donors (Lipinski definition) is 1. The van der Waals surface area contributed by atoms with Crippen LogP contribution in [0.5, 0.6) is 0 Å². The van der Waals surface area contributed by atoms with Crippen molar-refractivity contribution in [3.05, 3.63) is 64.2 Å². The standard InChI is InChI=1S/C25H34ClN3O4S/c1-7-19(4)27-25(31)20(5)28(15-21-9-8-10-22(26)14-21)24(30)16-29(34(6,32)33)23-12-17(2)11-18(3)13-23/h8-14,19-20H,7,15-16H2,1-6H3,(H,27,31)/t19-,20-/m0/s1. The number of aryl methyl sites for hydroxylation is 2. The molecule has 186 valence electrons. The van der Waals surface area contributed by atoms with Gasteiger partial charge in [-0.2, -0.15) is 0 Å². The minimum Gasteiger partial charge on any atom is -0.352 e. The number of nitrogens with zero attached hydrogens (tertiary/aromatic N) is 2. The Morgan fingerprint density at radius 2 is 1.68 bits per heavy atom. The van der Waals surface area contributed by atoms with Crippen LogP contribution in [0.4, 0.5) is 5.69 Å². The van der Waals surface area contributed by atoms with E-state index in [-0.39, 0.29) is 18.5 Å². The average molecular weight is 508 g/mol. The van der Waals surface area contributed by atoms with Gasteiger partial charge >= 0.3 is 0 Å². The summed E-state index contributed by atoms with van der Waals surface area (Å²) in [4.78, 5) is 27.8. The molecule has 0 saturated carbocycles. The van der Waals surface area contributed by atoms with E-state index in [0.717, 1.165) is 33.7 Å². The van der Waals surface area contributed by atoms with Gasteiger partial charge in [0, 0.05) is 17.6 Å². The Morgan fingerprint density at radius 3 is 2.21 bits per heavy atom. The fourth-order valence-corrected chi connectivity index (χ4v) is 4.63. The van der Waals surface area contributed by atoms with Crippen LogP contribution in [-0.4, -0.2) is 50.0 Å². The van der Waals surface area contributed by atoms with Crippen molar-refractivity contribution in [1.29, 1.82) is 0 Å². The molecule has 1 N–H and O–H groups in total. The Kier molecular flexibility index (Phi) is 9.53. The number of carbonyl (C=O) groups excluding carboxylic acids is 2. The van der Waals surface area contributed by atoms with Crippen molar-refractivity contribution in [3.63, 3.8) is 0 Å². The SMILES string of the molecule is CC[C@H](C)NC(=O)[C@H](C)N(Cc1cccc(Cl)c1)C(=O)CN(c1cc(C)cc(C)c1)S(C)(=O)=O. The van der Waals surface area contributed by atoms with E-state index in [9.17, 15) is 18.0 Å². The lowest BCUT2D eigenvalue weighted by molar-refractivity contribution is -0.139. The predicted molar refractivity (Wildman–Crippen MR) is 137 cm³/mol. The van der Waals surface area contributed by atoms with Gasteiger partial charge in [-0.3, -0.25) is 13.9 Å². The molecule has 2 amide bonds. The Bertz CT molecular complexity index is 1120. The fourth-order valence-electron chi connectivity index (χ4n) is 3.59. The van der Waals surface area contributed by atoms with Gasteiger partial charge in [0.1, 0.15) is 12.6 Å². The number of carbonyl (C=O) groups is 2. The zero-order valence-electron chi connectivity index (χ0n) is 20.6. The van der Waals surface area contributed by atoms with Crippen LogP contribution in [0.1, 0.15) is 43.9 Å². The summed E-state index contributed by atoms with van der Waals surface area (Å²) >= 11 is 6.12. The molecule has 9 heteroatoms. The van der Waals surface area contributed by atoms with Gasteiger partial charge in [0.05, 0.1) is 11.9 Å². The summed E-state index contributed by atoms with van der Waals surface area (Å²) in [6, 6.07) is 11.5. The Balaban J connectivity index is 2.42. The second-order valence-electron chi connectivity index (χ2n) is 8.76. The third kappa shape index (κ3) is 7.74. The van der Waals surface area contributed by atoms with Gasteiger partial charge in [0.25, 0.3) is 0 Å². The number of halogens is 1. The molecule has 2 aromatic carbocycles. The summed E-state index contributed by atoms with van der Waals surface area (Å²) in [5, 5.41) is 3.41. The maximum Gasteiger partial charge on any atom is 0.244 e. The van der Waals surface area contributed by atoms with Crippen LogP contribution in [0.3, 0.4) is 0 Å². The minimum absolute atomic E-state index is 0.0548. The smallest absolute Gasteiger partial charge is 0.244 e. The molecule has 0 radical (unpaired) electrons. The number of nitrogens with one attached hydrogen (secondary N) is 1. The van der Waals surface area contributed by atoms with E-state index in [0.29, 0.717) is 10.7 Å². The van der Waals surface area contributed by atoms with E-state index in [1.807, 2.05) is 39.8 Å². The molecule has 0 aliphatic heterocycles. The molecule has 0 aliphatic rings. The van der Waals surface area contributed by atoms with Crippen molar-refractivity contribution in [3.8, 4) is 0 Å². The molecule has 0 aromatic heterocycles. The van der Waals surface area contributed by atoms with E-state index in [4.69, 9.17) is 11.6 Å². The van der Waals surface area contributed by atoms with Crippen molar-refractivity contribution in [1.82, 2.24) is 10.2 Å². The van der Waals surface area contributed by atoms with E-state index in [1.165, 1.54) is 4.90 Å². The normalized spacial score (nSPS) is 13.1. The summed E-state index contributed by atoms with van der Waals surface area (Å²) in [5.41, 5.74) is 2.91. The summed E-state index contributed by atoms with van der Waals surface area (Å²) in [6.45, 7) is 8.90. The Labute approximate surface area is 208 Å². The highest BCUT2D eigenvalue weighted by atomic mass is 35.5. The summed E-state index contributed by atoms with van der Waals surface area (Å²) in [6.07, 6.45) is 1.81. The van der Waals surface area contributed by atoms with E-state index in [1.54, 1.807) is 37.3 Å². The number of hydrogen-bond acceptors (Lipinski definition) is 4. The van der Waals surface area contributed by atoms with E-state index in [2.05, 4.69) is 5.32 Å². The highest BCUT2D eigenvalue weighted by Gasteiger charge is 2.30. The highest BCUT2D eigenvalue weighted by Crippen LogP contribution is 2.22. The molecule has 0 unspecified atom stereocenters. The summed E-state index contributed by atoms with van der Waals surface area (Å²) in [5.74, 6) is -0.793. The molecular weight excluding hydrogens is 474 g/mol. The van der Waals surface area contributed by atoms with Crippen LogP contribution in [0.2, 0.25) is 5.02 Å². The third-order valence-electron chi connectivity index (χ3n) is 5.58. The number of sulfonamides is 1. The first-order chi connectivity index (χ1) is 15.8. The average Bonchev–Trinajstić information content (AvgIpc) is 2.73. The first-order valence-corrected chi connectivity index (χ1v) is 13.4. The van der Waals surface area contributed by atoms with Gasteiger partial charge in [0.15, 0.2) is 0 Å². The van der Waals surface area contributed by atoms with Crippen molar-refractivity contribution >= 4 is 39.1 Å². The second-order valence-corrected chi connectivity index (χ2v) is 11.1. The molecule has 34 heavy (non-hydrogen) atoms. The van der Waals surface area contributed by atoms with Crippen LogP contribution < -0.4 is 9.62 Å². The molecule has 0 saturated heterocycles. The molecule has 2 aromatic rings. The van der Waals surface area contributed by atoms with Crippen LogP contribution in [-0.2, 0) is 26.2 Å².